The standard InChI is InChI=1S/C23H34N4OS/c1-18(2)15-26-12-10-20(11-13-26)22-24-25-23(29-17-21-9-6-14-28-21)27(22)16-19-7-4-3-5-8-19/h3-5,7-8,18,20-21H,6,9-17H2,1-2H3. The van der Waals surface area contributed by atoms with E-state index in [1.165, 1.54) is 56.7 Å². The molecule has 0 amide bonds. The molecule has 1 unspecified atom stereocenters. The molecule has 0 spiro atoms. The number of benzene rings is 1. The Morgan fingerprint density at radius 1 is 1.10 bits per heavy atom. The molecule has 2 saturated heterocycles. The molecule has 0 bridgehead atoms. The predicted octanol–water partition coefficient (Wildman–Crippen LogP) is 4.43. The average Bonchev–Trinajstić information content (AvgIpc) is 3.38. The fourth-order valence-electron chi connectivity index (χ4n) is 4.46. The first kappa shape index (κ1) is 20.9. The number of hydrogen-bond donors (Lipinski definition) is 0. The van der Waals surface area contributed by atoms with Gasteiger partial charge in [0.1, 0.15) is 5.82 Å². The maximum Gasteiger partial charge on any atom is 0.191 e. The van der Waals surface area contributed by atoms with Gasteiger partial charge in [0.25, 0.3) is 0 Å². The Kier molecular flexibility index (Phi) is 7.27. The lowest BCUT2D eigenvalue weighted by Crippen LogP contribution is -2.36. The summed E-state index contributed by atoms with van der Waals surface area (Å²) in [4.78, 5) is 2.60. The highest BCUT2D eigenvalue weighted by molar-refractivity contribution is 7.99. The monoisotopic (exact) mass is 414 g/mol. The van der Waals surface area contributed by atoms with Gasteiger partial charge in [-0.05, 0) is 50.3 Å². The Morgan fingerprint density at radius 3 is 2.59 bits per heavy atom. The van der Waals surface area contributed by atoms with Crippen LogP contribution in [0.15, 0.2) is 35.5 Å². The van der Waals surface area contributed by atoms with Crippen LogP contribution in [-0.2, 0) is 11.3 Å². The van der Waals surface area contributed by atoms with E-state index in [2.05, 4.69) is 58.7 Å². The molecule has 2 aliphatic heterocycles. The number of thioether (sulfide) groups is 1. The molecule has 1 aromatic heterocycles. The zero-order valence-electron chi connectivity index (χ0n) is 17.8. The molecule has 1 aromatic carbocycles. The van der Waals surface area contributed by atoms with Gasteiger partial charge in [0.05, 0.1) is 12.6 Å². The van der Waals surface area contributed by atoms with Crippen LogP contribution in [-0.4, -0.2) is 57.8 Å². The molecule has 2 fully saturated rings. The lowest BCUT2D eigenvalue weighted by atomic mass is 9.95. The normalized spacial score (nSPS) is 21.3. The number of rotatable bonds is 8. The van der Waals surface area contributed by atoms with E-state index < -0.39 is 0 Å². The molecule has 5 nitrogen and oxygen atoms in total. The second-order valence-electron chi connectivity index (χ2n) is 8.83. The van der Waals surface area contributed by atoms with Crippen LogP contribution in [0.1, 0.15) is 56.8 Å². The largest absolute Gasteiger partial charge is 0.377 e. The molecule has 4 rings (SSSR count). The van der Waals surface area contributed by atoms with Gasteiger partial charge in [0.2, 0.25) is 0 Å². The fraction of sp³-hybridized carbons (Fsp3) is 0.652. The van der Waals surface area contributed by atoms with Crippen LogP contribution in [0.5, 0.6) is 0 Å². The van der Waals surface area contributed by atoms with Gasteiger partial charge in [0.15, 0.2) is 5.16 Å². The van der Waals surface area contributed by atoms with Crippen molar-refractivity contribution < 1.29 is 4.74 Å². The summed E-state index contributed by atoms with van der Waals surface area (Å²) in [5, 5.41) is 10.4. The van der Waals surface area contributed by atoms with Gasteiger partial charge in [-0.3, -0.25) is 0 Å². The molecule has 0 radical (unpaired) electrons. The van der Waals surface area contributed by atoms with E-state index in [4.69, 9.17) is 9.84 Å². The summed E-state index contributed by atoms with van der Waals surface area (Å²) < 4.78 is 8.19. The van der Waals surface area contributed by atoms with E-state index in [0.29, 0.717) is 12.0 Å². The van der Waals surface area contributed by atoms with Crippen LogP contribution in [0.25, 0.3) is 0 Å². The van der Waals surface area contributed by atoms with Gasteiger partial charge in [-0.2, -0.15) is 0 Å². The van der Waals surface area contributed by atoms with Crippen molar-refractivity contribution in [1.82, 2.24) is 19.7 Å². The second kappa shape index (κ2) is 10.1. The van der Waals surface area contributed by atoms with Crippen molar-refractivity contribution in [3.05, 3.63) is 41.7 Å². The van der Waals surface area contributed by atoms with Gasteiger partial charge < -0.3 is 14.2 Å². The minimum absolute atomic E-state index is 0.365. The fourth-order valence-corrected chi connectivity index (χ4v) is 5.47. The number of ether oxygens (including phenoxy) is 1. The van der Waals surface area contributed by atoms with E-state index in [-0.39, 0.29) is 0 Å². The summed E-state index contributed by atoms with van der Waals surface area (Å²) >= 11 is 1.81. The molecular weight excluding hydrogens is 380 g/mol. The first-order valence-corrected chi connectivity index (χ1v) is 12.1. The topological polar surface area (TPSA) is 43.2 Å². The zero-order valence-corrected chi connectivity index (χ0v) is 18.6. The third kappa shape index (κ3) is 5.62. The smallest absolute Gasteiger partial charge is 0.191 e. The van der Waals surface area contributed by atoms with Crippen molar-refractivity contribution in [3.8, 4) is 0 Å². The SMILES string of the molecule is CC(C)CN1CCC(c2nnc(SCC3CCCO3)n2Cc2ccccc2)CC1. The van der Waals surface area contributed by atoms with Crippen molar-refractivity contribution in [3.63, 3.8) is 0 Å². The van der Waals surface area contributed by atoms with Gasteiger partial charge in [-0.25, -0.2) is 0 Å². The summed E-state index contributed by atoms with van der Waals surface area (Å²) in [6, 6.07) is 10.7. The Balaban J connectivity index is 1.48. The van der Waals surface area contributed by atoms with Crippen molar-refractivity contribution >= 4 is 11.8 Å². The minimum atomic E-state index is 0.365. The highest BCUT2D eigenvalue weighted by Crippen LogP contribution is 2.31. The molecule has 2 aliphatic rings. The van der Waals surface area contributed by atoms with E-state index in [1.54, 1.807) is 0 Å². The highest BCUT2D eigenvalue weighted by Gasteiger charge is 2.27. The van der Waals surface area contributed by atoms with Crippen molar-refractivity contribution in [1.29, 1.82) is 0 Å². The summed E-state index contributed by atoms with van der Waals surface area (Å²) in [7, 11) is 0. The van der Waals surface area contributed by atoms with Gasteiger partial charge in [-0.15, -0.1) is 10.2 Å². The lowest BCUT2D eigenvalue weighted by molar-refractivity contribution is 0.129. The average molecular weight is 415 g/mol. The molecule has 0 saturated carbocycles. The summed E-state index contributed by atoms with van der Waals surface area (Å²) in [6.07, 6.45) is 5.07. The first-order valence-electron chi connectivity index (χ1n) is 11.1. The van der Waals surface area contributed by atoms with Crippen LogP contribution in [0.2, 0.25) is 0 Å². The van der Waals surface area contributed by atoms with E-state index in [1.807, 2.05) is 11.8 Å². The molecule has 29 heavy (non-hydrogen) atoms. The lowest BCUT2D eigenvalue weighted by Gasteiger charge is -2.32. The maximum absolute atomic E-state index is 5.82. The van der Waals surface area contributed by atoms with Crippen molar-refractivity contribution in [2.24, 2.45) is 5.92 Å². The van der Waals surface area contributed by atoms with Gasteiger partial charge >= 0.3 is 0 Å². The quantitative estimate of drug-likeness (QED) is 0.598. The molecule has 2 aromatic rings. The Bertz CT molecular complexity index is 749. The Hall–Kier alpha value is -1.37. The van der Waals surface area contributed by atoms with Gasteiger partial charge in [-0.1, -0.05) is 55.9 Å². The predicted molar refractivity (Wildman–Crippen MR) is 119 cm³/mol. The van der Waals surface area contributed by atoms with Crippen LogP contribution in [0.4, 0.5) is 0 Å². The summed E-state index contributed by atoms with van der Waals surface area (Å²) in [5.74, 6) is 3.38. The first-order chi connectivity index (χ1) is 14.2. The number of hydrogen-bond acceptors (Lipinski definition) is 5. The number of piperidine rings is 1. The van der Waals surface area contributed by atoms with Crippen molar-refractivity contribution in [2.75, 3.05) is 32.0 Å². The third-order valence-corrected chi connectivity index (χ3v) is 7.03. The molecule has 1 atom stereocenters. The van der Waals surface area contributed by atoms with Crippen LogP contribution in [0.3, 0.4) is 0 Å². The number of likely N-dealkylation sites (tertiary alicyclic amines) is 1. The van der Waals surface area contributed by atoms with Crippen LogP contribution in [0, 0.1) is 5.92 Å². The molecule has 6 heteroatoms. The molecule has 0 N–H and O–H groups in total. The second-order valence-corrected chi connectivity index (χ2v) is 9.81. The minimum Gasteiger partial charge on any atom is -0.377 e. The molecule has 3 heterocycles. The molecule has 0 aliphatic carbocycles. The van der Waals surface area contributed by atoms with Crippen molar-refractivity contribution in [2.45, 2.75) is 63.3 Å². The van der Waals surface area contributed by atoms with E-state index >= 15 is 0 Å². The molecule has 158 valence electrons. The Labute approximate surface area is 179 Å². The van der Waals surface area contributed by atoms with E-state index in [9.17, 15) is 0 Å². The zero-order chi connectivity index (χ0) is 20.1. The van der Waals surface area contributed by atoms with E-state index in [0.717, 1.165) is 30.0 Å². The number of aromatic nitrogens is 3. The highest BCUT2D eigenvalue weighted by atomic mass is 32.2. The Morgan fingerprint density at radius 2 is 1.90 bits per heavy atom. The van der Waals surface area contributed by atoms with Crippen LogP contribution >= 0.6 is 11.8 Å². The summed E-state index contributed by atoms with van der Waals surface area (Å²) in [5.41, 5.74) is 1.31. The van der Waals surface area contributed by atoms with Crippen LogP contribution < -0.4 is 0 Å². The number of nitrogens with zero attached hydrogens (tertiary/aromatic N) is 4. The van der Waals surface area contributed by atoms with Gasteiger partial charge in [0, 0.05) is 24.8 Å². The maximum atomic E-state index is 5.82. The third-order valence-electron chi connectivity index (χ3n) is 5.93. The molecular formula is C23H34N4OS. The summed E-state index contributed by atoms with van der Waals surface area (Å²) in [6.45, 7) is 9.90.